The number of ether oxygens (including phenoxy) is 1. The number of H-pyrrole nitrogens is 1. The lowest BCUT2D eigenvalue weighted by Crippen LogP contribution is -2.64. The molecule has 5 rings (SSSR count). The summed E-state index contributed by atoms with van der Waals surface area (Å²) in [7, 11) is 0. The third kappa shape index (κ3) is 2.42. The van der Waals surface area contributed by atoms with Crippen LogP contribution in [0.5, 0.6) is 0 Å². The average molecular weight is 338 g/mol. The van der Waals surface area contributed by atoms with Crippen molar-refractivity contribution in [1.29, 1.82) is 0 Å². The van der Waals surface area contributed by atoms with Crippen LogP contribution in [0.25, 0.3) is 16.6 Å². The molecule has 2 aliphatic rings. The maximum Gasteiger partial charge on any atom is 0.103 e. The molecule has 7 heteroatoms. The normalized spacial score (nSPS) is 20.8. The number of aromatic nitrogens is 4. The number of rotatable bonds is 3. The first kappa shape index (κ1) is 14.9. The van der Waals surface area contributed by atoms with Crippen molar-refractivity contribution in [1.82, 2.24) is 24.9 Å². The van der Waals surface area contributed by atoms with E-state index in [2.05, 4.69) is 50.2 Å². The third-order valence-corrected chi connectivity index (χ3v) is 5.52. The summed E-state index contributed by atoms with van der Waals surface area (Å²) in [5.41, 5.74) is 3.57. The maximum absolute atomic E-state index is 5.42. The molecule has 0 saturated carbocycles. The molecule has 0 atom stereocenters. The molecule has 130 valence electrons. The number of piperazine rings is 1. The summed E-state index contributed by atoms with van der Waals surface area (Å²) < 4.78 is 7.35. The van der Waals surface area contributed by atoms with Crippen LogP contribution in [0.15, 0.2) is 36.8 Å². The second-order valence-corrected chi connectivity index (χ2v) is 7.22. The van der Waals surface area contributed by atoms with E-state index in [1.54, 1.807) is 6.20 Å². The van der Waals surface area contributed by atoms with E-state index in [1.807, 2.05) is 17.1 Å². The Hall–Kier alpha value is -2.38. The Morgan fingerprint density at radius 1 is 1.08 bits per heavy atom. The Labute approximate surface area is 146 Å². The highest BCUT2D eigenvalue weighted by Gasteiger charge is 2.40. The minimum atomic E-state index is 0.246. The predicted octanol–water partition coefficient (Wildman–Crippen LogP) is 1.66. The highest BCUT2D eigenvalue weighted by Crippen LogP contribution is 2.28. The van der Waals surface area contributed by atoms with Crippen LogP contribution in [-0.4, -0.2) is 69.8 Å². The molecule has 0 amide bonds. The molecule has 2 saturated heterocycles. The van der Waals surface area contributed by atoms with Gasteiger partial charge in [-0.15, -0.1) is 0 Å². The predicted molar refractivity (Wildman–Crippen MR) is 96.2 cm³/mol. The monoisotopic (exact) mass is 338 g/mol. The highest BCUT2D eigenvalue weighted by molar-refractivity contribution is 5.84. The van der Waals surface area contributed by atoms with Crippen LogP contribution in [0, 0.1) is 0 Å². The second-order valence-electron chi connectivity index (χ2n) is 7.22. The van der Waals surface area contributed by atoms with Crippen molar-refractivity contribution < 1.29 is 4.74 Å². The van der Waals surface area contributed by atoms with E-state index in [4.69, 9.17) is 4.74 Å². The second kappa shape index (κ2) is 5.57. The van der Waals surface area contributed by atoms with E-state index >= 15 is 0 Å². The van der Waals surface area contributed by atoms with Crippen LogP contribution < -0.4 is 4.90 Å². The lowest BCUT2D eigenvalue weighted by molar-refractivity contribution is -0.131. The van der Waals surface area contributed by atoms with Gasteiger partial charge < -0.3 is 9.64 Å². The van der Waals surface area contributed by atoms with Gasteiger partial charge in [0.15, 0.2) is 0 Å². The van der Waals surface area contributed by atoms with Crippen LogP contribution in [-0.2, 0) is 4.74 Å². The minimum absolute atomic E-state index is 0.246. The number of nitrogens with zero attached hydrogens (tertiary/aromatic N) is 5. The molecule has 0 aliphatic carbocycles. The fourth-order valence-corrected chi connectivity index (χ4v) is 3.85. The molecule has 0 spiro atoms. The summed E-state index contributed by atoms with van der Waals surface area (Å²) in [5, 5.41) is 12.5. The topological polar surface area (TPSA) is 62.2 Å². The molecular formula is C18H22N6O. The first-order valence-corrected chi connectivity index (χ1v) is 8.78. The molecule has 7 nitrogen and oxygen atoms in total. The van der Waals surface area contributed by atoms with Gasteiger partial charge in [-0.25, -0.2) is 4.68 Å². The van der Waals surface area contributed by atoms with Crippen molar-refractivity contribution in [2.24, 2.45) is 0 Å². The molecule has 0 bridgehead atoms. The fraction of sp³-hybridized carbons (Fsp3) is 0.444. The summed E-state index contributed by atoms with van der Waals surface area (Å²) in [4.78, 5) is 5.03. The first-order chi connectivity index (χ1) is 12.2. The molecular weight excluding hydrogens is 316 g/mol. The summed E-state index contributed by atoms with van der Waals surface area (Å²) in [6.07, 6.45) is 5.56. The molecule has 4 heterocycles. The van der Waals surface area contributed by atoms with Crippen molar-refractivity contribution in [2.75, 3.05) is 44.3 Å². The zero-order chi connectivity index (χ0) is 16.9. The Morgan fingerprint density at radius 3 is 2.60 bits per heavy atom. The lowest BCUT2D eigenvalue weighted by Gasteiger charge is -2.50. The Kier molecular flexibility index (Phi) is 3.33. The summed E-state index contributed by atoms with van der Waals surface area (Å²) in [6.45, 7) is 8.28. The van der Waals surface area contributed by atoms with Crippen LogP contribution in [0.1, 0.15) is 6.92 Å². The van der Waals surface area contributed by atoms with Gasteiger partial charge in [-0.2, -0.15) is 10.2 Å². The van der Waals surface area contributed by atoms with E-state index in [0.29, 0.717) is 0 Å². The van der Waals surface area contributed by atoms with Gasteiger partial charge in [-0.1, -0.05) is 0 Å². The summed E-state index contributed by atoms with van der Waals surface area (Å²) >= 11 is 0. The average Bonchev–Trinajstić information content (AvgIpc) is 3.28. The van der Waals surface area contributed by atoms with Gasteiger partial charge in [-0.3, -0.25) is 10.00 Å². The lowest BCUT2D eigenvalue weighted by atomic mass is 9.97. The molecule has 2 aliphatic heterocycles. The molecule has 0 unspecified atom stereocenters. The van der Waals surface area contributed by atoms with Gasteiger partial charge in [0.2, 0.25) is 0 Å². The van der Waals surface area contributed by atoms with Gasteiger partial charge in [0.1, 0.15) is 5.69 Å². The largest absolute Gasteiger partial charge is 0.377 e. The number of fused-ring (bicyclic) bond motifs is 1. The van der Waals surface area contributed by atoms with E-state index in [-0.39, 0.29) is 5.54 Å². The number of hydrogen-bond donors (Lipinski definition) is 1. The Bertz CT molecular complexity index is 874. The maximum atomic E-state index is 5.42. The molecule has 2 aromatic heterocycles. The number of aromatic amines is 1. The van der Waals surface area contributed by atoms with Gasteiger partial charge in [0.25, 0.3) is 0 Å². The smallest absolute Gasteiger partial charge is 0.103 e. The minimum Gasteiger partial charge on any atom is -0.377 e. The van der Waals surface area contributed by atoms with E-state index in [0.717, 1.165) is 56.0 Å². The van der Waals surface area contributed by atoms with Crippen molar-refractivity contribution >= 4 is 16.6 Å². The van der Waals surface area contributed by atoms with Crippen LogP contribution >= 0.6 is 0 Å². The number of nitrogens with one attached hydrogen (secondary N) is 1. The number of anilines is 1. The highest BCUT2D eigenvalue weighted by atomic mass is 16.5. The van der Waals surface area contributed by atoms with E-state index in [9.17, 15) is 0 Å². The van der Waals surface area contributed by atoms with E-state index < -0.39 is 0 Å². The van der Waals surface area contributed by atoms with Gasteiger partial charge in [0.05, 0.1) is 36.7 Å². The van der Waals surface area contributed by atoms with Crippen LogP contribution in [0.2, 0.25) is 0 Å². The summed E-state index contributed by atoms with van der Waals surface area (Å²) in [5.74, 6) is 0. The van der Waals surface area contributed by atoms with Gasteiger partial charge in [-0.05, 0) is 25.1 Å². The zero-order valence-electron chi connectivity index (χ0n) is 14.4. The van der Waals surface area contributed by atoms with E-state index in [1.165, 1.54) is 5.69 Å². The quantitative estimate of drug-likeness (QED) is 0.787. The molecule has 1 aromatic carbocycles. The number of benzene rings is 1. The van der Waals surface area contributed by atoms with Gasteiger partial charge >= 0.3 is 0 Å². The Morgan fingerprint density at radius 2 is 1.92 bits per heavy atom. The molecule has 2 fully saturated rings. The molecule has 0 radical (unpaired) electrons. The van der Waals surface area contributed by atoms with Crippen molar-refractivity contribution in [2.45, 2.75) is 12.5 Å². The SMILES string of the molecule is CC1(N2CCN(c3ccc4cnn(-c5cn[nH]c5)c4c3)CC2)COC1. The standard InChI is InChI=1S/C18H22N6O/c1-18(12-25-13-18)23-6-4-22(5-7-23)15-3-2-14-9-21-24(17(14)8-15)16-10-19-20-11-16/h2-3,8-11H,4-7,12-13H2,1H3,(H,19,20). The van der Waals surface area contributed by atoms with Crippen molar-refractivity contribution in [3.05, 3.63) is 36.8 Å². The molecule has 25 heavy (non-hydrogen) atoms. The first-order valence-electron chi connectivity index (χ1n) is 8.78. The third-order valence-electron chi connectivity index (χ3n) is 5.52. The zero-order valence-corrected chi connectivity index (χ0v) is 14.4. The molecule has 1 N–H and O–H groups in total. The molecule has 3 aromatic rings. The Balaban J connectivity index is 1.39. The van der Waals surface area contributed by atoms with Crippen LogP contribution in [0.4, 0.5) is 5.69 Å². The van der Waals surface area contributed by atoms with Crippen LogP contribution in [0.3, 0.4) is 0 Å². The number of hydrogen-bond acceptors (Lipinski definition) is 5. The summed E-state index contributed by atoms with van der Waals surface area (Å²) in [6, 6.07) is 6.59. The fourth-order valence-electron chi connectivity index (χ4n) is 3.85. The van der Waals surface area contributed by atoms with Gasteiger partial charge in [0, 0.05) is 43.4 Å². The van der Waals surface area contributed by atoms with Crippen molar-refractivity contribution in [3.8, 4) is 5.69 Å². The van der Waals surface area contributed by atoms with Crippen molar-refractivity contribution in [3.63, 3.8) is 0 Å².